The lowest BCUT2D eigenvalue weighted by atomic mass is 10.0. The molecular weight excluding hydrogens is 244 g/mol. The van der Waals surface area contributed by atoms with Gasteiger partial charge in [0, 0.05) is 18.0 Å². The number of carbonyl (C=O) groups excluding carboxylic acids is 1. The van der Waals surface area contributed by atoms with Gasteiger partial charge >= 0.3 is 0 Å². The minimum atomic E-state index is 0.172. The van der Waals surface area contributed by atoms with E-state index in [4.69, 9.17) is 0 Å². The summed E-state index contributed by atoms with van der Waals surface area (Å²) < 4.78 is 0. The first kappa shape index (κ1) is 11.5. The van der Waals surface area contributed by atoms with Crippen LogP contribution < -0.4 is 0 Å². The summed E-state index contributed by atoms with van der Waals surface area (Å²) in [6.45, 7) is 0. The number of aromatic amines is 1. The summed E-state index contributed by atoms with van der Waals surface area (Å²) in [6.07, 6.45) is 6.95. The average molecular weight is 258 g/mol. The van der Waals surface area contributed by atoms with Gasteiger partial charge in [-0.2, -0.15) is 0 Å². The number of Topliss-reactive ketones (excluding diaryl/α,β-unsaturated/α-hetero) is 1. The lowest BCUT2D eigenvalue weighted by molar-refractivity contribution is 0.102. The number of hydrogen-bond donors (Lipinski definition) is 1. The van der Waals surface area contributed by atoms with E-state index in [1.165, 1.54) is 29.3 Å². The zero-order valence-corrected chi connectivity index (χ0v) is 10.8. The van der Waals surface area contributed by atoms with Crippen molar-refractivity contribution in [3.8, 4) is 0 Å². The van der Waals surface area contributed by atoms with E-state index in [0.717, 1.165) is 23.6 Å². The Labute approximate surface area is 110 Å². The molecule has 0 unspecified atom stereocenters. The quantitative estimate of drug-likeness (QED) is 0.677. The van der Waals surface area contributed by atoms with E-state index in [-0.39, 0.29) is 5.78 Å². The van der Waals surface area contributed by atoms with Crippen LogP contribution >= 0.6 is 11.8 Å². The van der Waals surface area contributed by atoms with Crippen molar-refractivity contribution in [1.82, 2.24) is 9.97 Å². The summed E-state index contributed by atoms with van der Waals surface area (Å²) in [5.74, 6) is 0.609. The Bertz CT molecular complexity index is 563. The molecule has 0 radical (unpaired) electrons. The fourth-order valence-corrected chi connectivity index (χ4v) is 3.01. The van der Waals surface area contributed by atoms with Crippen LogP contribution in [0.4, 0.5) is 0 Å². The number of fused-ring (bicyclic) bond motifs is 1. The molecule has 0 fully saturated rings. The highest BCUT2D eigenvalue weighted by atomic mass is 32.2. The van der Waals surface area contributed by atoms with Gasteiger partial charge in [0.15, 0.2) is 10.9 Å². The van der Waals surface area contributed by atoms with Crippen molar-refractivity contribution in [3.63, 3.8) is 0 Å². The third-order valence-electron chi connectivity index (χ3n) is 3.23. The highest BCUT2D eigenvalue weighted by Gasteiger charge is 2.14. The summed E-state index contributed by atoms with van der Waals surface area (Å²) in [4.78, 5) is 19.2. The third kappa shape index (κ3) is 2.34. The molecule has 0 saturated heterocycles. The molecule has 2 aromatic rings. The van der Waals surface area contributed by atoms with Gasteiger partial charge in [-0.1, -0.05) is 23.9 Å². The molecule has 0 saturated carbocycles. The van der Waals surface area contributed by atoms with Crippen LogP contribution in [0, 0.1) is 0 Å². The molecule has 3 rings (SSSR count). The van der Waals surface area contributed by atoms with E-state index in [0.29, 0.717) is 5.75 Å². The summed E-state index contributed by atoms with van der Waals surface area (Å²) in [5.41, 5.74) is 3.59. The zero-order valence-electron chi connectivity index (χ0n) is 9.98. The van der Waals surface area contributed by atoms with Crippen LogP contribution in [0.3, 0.4) is 0 Å². The van der Waals surface area contributed by atoms with E-state index in [2.05, 4.69) is 22.1 Å². The number of aromatic nitrogens is 2. The van der Waals surface area contributed by atoms with E-state index in [1.54, 1.807) is 12.4 Å². The van der Waals surface area contributed by atoms with Crippen molar-refractivity contribution in [2.24, 2.45) is 0 Å². The lowest BCUT2D eigenvalue weighted by Crippen LogP contribution is -2.03. The summed E-state index contributed by atoms with van der Waals surface area (Å²) >= 11 is 1.45. The maximum absolute atomic E-state index is 12.1. The molecule has 1 aromatic carbocycles. The molecule has 0 amide bonds. The van der Waals surface area contributed by atoms with E-state index in [1.807, 2.05) is 6.07 Å². The molecule has 1 heterocycles. The van der Waals surface area contributed by atoms with Gasteiger partial charge < -0.3 is 4.98 Å². The maximum atomic E-state index is 12.1. The van der Waals surface area contributed by atoms with Gasteiger partial charge in [0.1, 0.15) is 0 Å². The van der Waals surface area contributed by atoms with Crippen molar-refractivity contribution >= 4 is 17.5 Å². The molecule has 1 N–H and O–H groups in total. The van der Waals surface area contributed by atoms with E-state index < -0.39 is 0 Å². The molecule has 1 aromatic heterocycles. The summed E-state index contributed by atoms with van der Waals surface area (Å²) in [7, 11) is 0. The molecule has 0 spiro atoms. The van der Waals surface area contributed by atoms with Gasteiger partial charge in [-0.15, -0.1) is 0 Å². The van der Waals surface area contributed by atoms with Crippen molar-refractivity contribution < 1.29 is 4.79 Å². The number of rotatable bonds is 4. The van der Waals surface area contributed by atoms with Gasteiger partial charge in [0.25, 0.3) is 0 Å². The molecule has 4 heteroatoms. The molecule has 3 nitrogen and oxygen atoms in total. The Morgan fingerprint density at radius 3 is 3.06 bits per heavy atom. The Balaban J connectivity index is 1.69. The van der Waals surface area contributed by atoms with Gasteiger partial charge in [-0.3, -0.25) is 4.79 Å². The van der Waals surface area contributed by atoms with Crippen molar-refractivity contribution in [2.45, 2.75) is 24.4 Å². The van der Waals surface area contributed by atoms with Crippen LogP contribution in [0.5, 0.6) is 0 Å². The standard InChI is InChI=1S/C14H14N2OS/c17-13(9-18-14-15-6-7-16-14)12-5-4-10-2-1-3-11(10)8-12/h4-8H,1-3,9H2,(H,15,16). The number of aryl methyl sites for hydroxylation is 2. The Morgan fingerprint density at radius 1 is 1.33 bits per heavy atom. The largest absolute Gasteiger partial charge is 0.340 e. The first-order chi connectivity index (χ1) is 8.83. The highest BCUT2D eigenvalue weighted by molar-refractivity contribution is 7.99. The normalized spacial score (nSPS) is 13.6. The molecule has 1 aliphatic carbocycles. The zero-order chi connectivity index (χ0) is 12.4. The number of thioether (sulfide) groups is 1. The van der Waals surface area contributed by atoms with Crippen molar-refractivity contribution in [3.05, 3.63) is 47.3 Å². The van der Waals surface area contributed by atoms with Crippen LogP contribution in [0.2, 0.25) is 0 Å². The van der Waals surface area contributed by atoms with Crippen LogP contribution in [0.15, 0.2) is 35.7 Å². The Kier molecular flexibility index (Phi) is 3.19. The number of ketones is 1. The number of hydrogen-bond acceptors (Lipinski definition) is 3. The van der Waals surface area contributed by atoms with Crippen LogP contribution in [0.1, 0.15) is 27.9 Å². The number of nitrogens with zero attached hydrogens (tertiary/aromatic N) is 1. The van der Waals surface area contributed by atoms with Gasteiger partial charge in [0.05, 0.1) is 5.75 Å². The molecule has 18 heavy (non-hydrogen) atoms. The number of carbonyl (C=O) groups is 1. The summed E-state index contributed by atoms with van der Waals surface area (Å²) in [5, 5.41) is 0.796. The predicted octanol–water partition coefficient (Wildman–Crippen LogP) is 2.87. The van der Waals surface area contributed by atoms with Crippen molar-refractivity contribution in [2.75, 3.05) is 5.75 Å². The summed E-state index contributed by atoms with van der Waals surface area (Å²) in [6, 6.07) is 6.12. The molecule has 92 valence electrons. The van der Waals surface area contributed by atoms with E-state index >= 15 is 0 Å². The second kappa shape index (κ2) is 4.98. The second-order valence-electron chi connectivity index (χ2n) is 4.44. The first-order valence-corrected chi connectivity index (χ1v) is 7.09. The molecule has 1 aliphatic rings. The molecule has 0 atom stereocenters. The highest BCUT2D eigenvalue weighted by Crippen LogP contribution is 2.24. The minimum absolute atomic E-state index is 0.172. The fourth-order valence-electron chi connectivity index (χ4n) is 2.29. The Hall–Kier alpha value is -1.55. The smallest absolute Gasteiger partial charge is 0.173 e. The number of H-pyrrole nitrogens is 1. The lowest BCUT2D eigenvalue weighted by Gasteiger charge is -2.03. The molecule has 0 aliphatic heterocycles. The number of benzene rings is 1. The third-order valence-corrected chi connectivity index (χ3v) is 4.14. The fraction of sp³-hybridized carbons (Fsp3) is 0.286. The molecular formula is C14H14N2OS. The minimum Gasteiger partial charge on any atom is -0.340 e. The van der Waals surface area contributed by atoms with Gasteiger partial charge in [-0.05, 0) is 36.5 Å². The predicted molar refractivity (Wildman–Crippen MR) is 72.1 cm³/mol. The van der Waals surface area contributed by atoms with Gasteiger partial charge in [0.2, 0.25) is 0 Å². The molecule has 0 bridgehead atoms. The van der Waals surface area contributed by atoms with Crippen LogP contribution in [-0.2, 0) is 12.8 Å². The van der Waals surface area contributed by atoms with Gasteiger partial charge in [-0.25, -0.2) is 4.98 Å². The monoisotopic (exact) mass is 258 g/mol. The topological polar surface area (TPSA) is 45.8 Å². The second-order valence-corrected chi connectivity index (χ2v) is 5.41. The van der Waals surface area contributed by atoms with Crippen LogP contribution in [-0.4, -0.2) is 21.5 Å². The Morgan fingerprint density at radius 2 is 2.22 bits per heavy atom. The SMILES string of the molecule is O=C(CSc1ncc[nH]1)c1ccc2c(c1)CCC2. The number of nitrogens with one attached hydrogen (secondary N) is 1. The van der Waals surface area contributed by atoms with E-state index in [9.17, 15) is 4.79 Å². The maximum Gasteiger partial charge on any atom is 0.173 e. The first-order valence-electron chi connectivity index (χ1n) is 6.10. The van der Waals surface area contributed by atoms with Crippen molar-refractivity contribution in [1.29, 1.82) is 0 Å². The average Bonchev–Trinajstić information content (AvgIpc) is 3.05. The number of imidazole rings is 1. The van der Waals surface area contributed by atoms with Crippen LogP contribution in [0.25, 0.3) is 0 Å².